The van der Waals surface area contributed by atoms with Crippen molar-refractivity contribution >= 4 is 11.8 Å². The number of amides is 2. The van der Waals surface area contributed by atoms with Crippen molar-refractivity contribution in [1.29, 1.82) is 0 Å². The Bertz CT molecular complexity index is 1080. The molecule has 1 aliphatic heterocycles. The van der Waals surface area contributed by atoms with Gasteiger partial charge in [0.1, 0.15) is 11.8 Å². The lowest BCUT2D eigenvalue weighted by atomic mass is 10.1. The smallest absolute Gasteiger partial charge is 0.418 e. The largest absolute Gasteiger partial charge is 0.467 e. The number of hydrogen-bond acceptors (Lipinski definition) is 5. The Hall–Kier alpha value is -3.63. The Morgan fingerprint density at radius 1 is 1.19 bits per heavy atom. The van der Waals surface area contributed by atoms with Crippen molar-refractivity contribution in [3.05, 3.63) is 65.9 Å². The lowest BCUT2D eigenvalue weighted by Crippen LogP contribution is -2.45. The maximum absolute atomic E-state index is 13.3. The van der Waals surface area contributed by atoms with Crippen molar-refractivity contribution in [3.8, 4) is 5.69 Å². The Kier molecular flexibility index (Phi) is 5.49. The van der Waals surface area contributed by atoms with E-state index in [1.807, 2.05) is 0 Å². The summed E-state index contributed by atoms with van der Waals surface area (Å²) in [5.41, 5.74) is -1.27. The second-order valence-corrected chi connectivity index (χ2v) is 7.02. The molecule has 0 bridgehead atoms. The maximum Gasteiger partial charge on any atom is 0.418 e. The molecule has 1 atom stereocenters. The zero-order valence-electron chi connectivity index (χ0n) is 16.2. The first-order chi connectivity index (χ1) is 14.8. The summed E-state index contributed by atoms with van der Waals surface area (Å²) in [7, 11) is 0. The lowest BCUT2D eigenvalue weighted by molar-refractivity contribution is -0.137. The maximum atomic E-state index is 13.3. The minimum absolute atomic E-state index is 0.136. The van der Waals surface area contributed by atoms with Gasteiger partial charge in [0, 0.05) is 6.54 Å². The molecule has 8 nitrogen and oxygen atoms in total. The molecule has 3 heterocycles. The summed E-state index contributed by atoms with van der Waals surface area (Å²) in [5.74, 6) is -0.320. The van der Waals surface area contributed by atoms with Gasteiger partial charge in [-0.2, -0.15) is 13.2 Å². The molecule has 1 saturated heterocycles. The number of furan rings is 1. The highest BCUT2D eigenvalue weighted by molar-refractivity contribution is 5.96. The van der Waals surface area contributed by atoms with E-state index in [4.69, 9.17) is 4.42 Å². The van der Waals surface area contributed by atoms with E-state index in [-0.39, 0.29) is 23.8 Å². The minimum atomic E-state index is -4.58. The Morgan fingerprint density at radius 3 is 2.74 bits per heavy atom. The molecule has 11 heteroatoms. The average molecular weight is 433 g/mol. The van der Waals surface area contributed by atoms with Gasteiger partial charge in [0.2, 0.25) is 5.91 Å². The quantitative estimate of drug-likeness (QED) is 0.668. The van der Waals surface area contributed by atoms with Gasteiger partial charge >= 0.3 is 6.18 Å². The predicted octanol–water partition coefficient (Wildman–Crippen LogP) is 2.80. The lowest BCUT2D eigenvalue weighted by Gasteiger charge is -2.22. The summed E-state index contributed by atoms with van der Waals surface area (Å²) in [5, 5.41) is 10.2. The van der Waals surface area contributed by atoms with Crippen LogP contribution in [-0.2, 0) is 17.5 Å². The van der Waals surface area contributed by atoms with E-state index in [1.165, 1.54) is 29.4 Å². The van der Waals surface area contributed by atoms with Gasteiger partial charge < -0.3 is 14.6 Å². The Balaban J connectivity index is 1.50. The van der Waals surface area contributed by atoms with E-state index < -0.39 is 23.7 Å². The van der Waals surface area contributed by atoms with Crippen molar-refractivity contribution in [1.82, 2.24) is 25.2 Å². The van der Waals surface area contributed by atoms with Crippen LogP contribution in [0, 0.1) is 0 Å². The first kappa shape index (κ1) is 20.6. The van der Waals surface area contributed by atoms with E-state index >= 15 is 0 Å². The number of rotatable bonds is 5. The molecule has 1 aliphatic rings. The monoisotopic (exact) mass is 433 g/mol. The van der Waals surface area contributed by atoms with Crippen LogP contribution in [0.25, 0.3) is 5.69 Å². The molecule has 1 fully saturated rings. The van der Waals surface area contributed by atoms with Crippen LogP contribution in [-0.4, -0.2) is 44.3 Å². The first-order valence-corrected chi connectivity index (χ1v) is 9.54. The molecular formula is C20H18F3N5O3. The Morgan fingerprint density at radius 2 is 2.00 bits per heavy atom. The van der Waals surface area contributed by atoms with Crippen LogP contribution < -0.4 is 5.32 Å². The number of benzene rings is 1. The number of carbonyl (C=O) groups is 2. The van der Waals surface area contributed by atoms with Crippen LogP contribution >= 0.6 is 0 Å². The number of nitrogens with one attached hydrogen (secondary N) is 1. The summed E-state index contributed by atoms with van der Waals surface area (Å²) >= 11 is 0. The van der Waals surface area contributed by atoms with Gasteiger partial charge in [-0.25, -0.2) is 4.68 Å². The molecule has 1 N–H and O–H groups in total. The van der Waals surface area contributed by atoms with Gasteiger partial charge in [-0.3, -0.25) is 9.59 Å². The van der Waals surface area contributed by atoms with E-state index in [1.54, 1.807) is 12.1 Å². The first-order valence-electron chi connectivity index (χ1n) is 9.54. The molecule has 2 amide bonds. The molecular weight excluding hydrogens is 415 g/mol. The zero-order chi connectivity index (χ0) is 22.0. The summed E-state index contributed by atoms with van der Waals surface area (Å²) in [6, 6.07) is 7.60. The molecule has 0 aliphatic carbocycles. The molecule has 0 radical (unpaired) electrons. The minimum Gasteiger partial charge on any atom is -0.467 e. The van der Waals surface area contributed by atoms with Gasteiger partial charge in [0.05, 0.1) is 30.3 Å². The fraction of sp³-hybridized carbons (Fsp3) is 0.300. The van der Waals surface area contributed by atoms with Crippen LogP contribution in [0.15, 0.2) is 53.3 Å². The van der Waals surface area contributed by atoms with Crippen LogP contribution in [0.3, 0.4) is 0 Å². The highest BCUT2D eigenvalue weighted by Crippen LogP contribution is 2.33. The van der Waals surface area contributed by atoms with Crippen LogP contribution in [0.4, 0.5) is 13.2 Å². The standard InChI is InChI=1S/C20H18F3N5O3/c21-20(22,23)14-6-1-2-7-16(14)28-12-15(25-26-28)19(30)27-9-3-8-17(27)18(29)24-11-13-5-4-10-31-13/h1-2,4-7,10,12,17H,3,8-9,11H2,(H,24,29). The van der Waals surface area contributed by atoms with Gasteiger partial charge in [-0.15, -0.1) is 5.10 Å². The van der Waals surface area contributed by atoms with Gasteiger partial charge in [0.15, 0.2) is 5.69 Å². The summed E-state index contributed by atoms with van der Waals surface area (Å²) in [6.07, 6.45) is -0.856. The molecule has 31 heavy (non-hydrogen) atoms. The average Bonchev–Trinajstić information content (AvgIpc) is 3.52. The normalized spacial score (nSPS) is 16.5. The summed E-state index contributed by atoms with van der Waals surface area (Å²) < 4.78 is 45.9. The number of halogens is 3. The number of alkyl halides is 3. The molecule has 1 unspecified atom stereocenters. The summed E-state index contributed by atoms with van der Waals surface area (Å²) in [4.78, 5) is 26.8. The number of para-hydroxylation sites is 1. The number of hydrogen-bond donors (Lipinski definition) is 1. The SMILES string of the molecule is O=C(NCc1ccco1)C1CCCN1C(=O)c1cn(-c2ccccc2C(F)(F)F)nn1. The van der Waals surface area contributed by atoms with Gasteiger partial charge in [-0.05, 0) is 37.1 Å². The van der Waals surface area contributed by atoms with Crippen molar-refractivity contribution in [2.24, 2.45) is 0 Å². The fourth-order valence-corrected chi connectivity index (χ4v) is 3.53. The zero-order valence-corrected chi connectivity index (χ0v) is 16.2. The second-order valence-electron chi connectivity index (χ2n) is 7.02. The van der Waals surface area contributed by atoms with Crippen molar-refractivity contribution in [3.63, 3.8) is 0 Å². The van der Waals surface area contributed by atoms with Crippen LogP contribution in [0.2, 0.25) is 0 Å². The van der Waals surface area contributed by atoms with Gasteiger partial charge in [0.25, 0.3) is 5.91 Å². The third-order valence-electron chi connectivity index (χ3n) is 5.00. The van der Waals surface area contributed by atoms with Crippen LogP contribution in [0.5, 0.6) is 0 Å². The molecule has 162 valence electrons. The highest BCUT2D eigenvalue weighted by atomic mass is 19.4. The van der Waals surface area contributed by atoms with Crippen molar-refractivity contribution in [2.75, 3.05) is 6.54 Å². The predicted molar refractivity (Wildman–Crippen MR) is 101 cm³/mol. The highest BCUT2D eigenvalue weighted by Gasteiger charge is 2.37. The number of aromatic nitrogens is 3. The number of likely N-dealkylation sites (tertiary alicyclic amines) is 1. The fourth-order valence-electron chi connectivity index (χ4n) is 3.53. The molecule has 4 rings (SSSR count). The Labute approximate surface area is 174 Å². The van der Waals surface area contributed by atoms with Crippen LogP contribution in [0.1, 0.15) is 34.7 Å². The molecule has 3 aromatic rings. The van der Waals surface area contributed by atoms with E-state index in [0.29, 0.717) is 25.1 Å². The van der Waals surface area contributed by atoms with E-state index in [0.717, 1.165) is 16.9 Å². The topological polar surface area (TPSA) is 93.3 Å². The number of carbonyl (C=O) groups excluding carboxylic acids is 2. The summed E-state index contributed by atoms with van der Waals surface area (Å²) in [6.45, 7) is 0.526. The van der Waals surface area contributed by atoms with E-state index in [2.05, 4.69) is 15.6 Å². The second kappa shape index (κ2) is 8.25. The molecule has 0 saturated carbocycles. The van der Waals surface area contributed by atoms with Gasteiger partial charge in [-0.1, -0.05) is 17.3 Å². The molecule has 1 aromatic carbocycles. The third-order valence-corrected chi connectivity index (χ3v) is 5.00. The van der Waals surface area contributed by atoms with Crippen molar-refractivity contribution in [2.45, 2.75) is 31.6 Å². The molecule has 0 spiro atoms. The third kappa shape index (κ3) is 4.30. The van der Waals surface area contributed by atoms with Crippen molar-refractivity contribution < 1.29 is 27.2 Å². The molecule has 2 aromatic heterocycles. The number of nitrogens with zero attached hydrogens (tertiary/aromatic N) is 4. The van der Waals surface area contributed by atoms with E-state index in [9.17, 15) is 22.8 Å².